The van der Waals surface area contributed by atoms with Gasteiger partial charge >= 0.3 is 0 Å². The van der Waals surface area contributed by atoms with E-state index in [-0.39, 0.29) is 41.3 Å². The summed E-state index contributed by atoms with van der Waals surface area (Å²) >= 11 is 1.16. The van der Waals surface area contributed by atoms with Crippen molar-refractivity contribution in [3.8, 4) is 12.1 Å². The van der Waals surface area contributed by atoms with Crippen LogP contribution in [0.25, 0.3) is 10.2 Å². The molecule has 0 spiro atoms. The van der Waals surface area contributed by atoms with Crippen molar-refractivity contribution in [3.05, 3.63) is 52.8 Å². The number of nitriles is 2. The van der Waals surface area contributed by atoms with Gasteiger partial charge in [-0.3, -0.25) is 4.79 Å². The summed E-state index contributed by atoms with van der Waals surface area (Å²) in [6, 6.07) is 13.7. The van der Waals surface area contributed by atoms with Crippen molar-refractivity contribution >= 4 is 47.3 Å². The number of nitrogens with zero attached hydrogens (tertiary/aromatic N) is 5. The van der Waals surface area contributed by atoms with E-state index in [0.29, 0.717) is 15.0 Å². The van der Waals surface area contributed by atoms with Crippen LogP contribution < -0.4 is 4.80 Å². The van der Waals surface area contributed by atoms with Crippen LogP contribution in [0.2, 0.25) is 0 Å². The Morgan fingerprint density at radius 1 is 1.00 bits per heavy atom. The highest BCUT2D eigenvalue weighted by Crippen LogP contribution is 2.22. The Kier molecular flexibility index (Phi) is 7.87. The molecule has 0 aliphatic carbocycles. The molecule has 1 aromatic heterocycles. The normalized spacial score (nSPS) is 12.5. The number of sulfonamides is 1. The molecule has 0 unspecified atom stereocenters. The molecule has 0 aliphatic rings. The van der Waals surface area contributed by atoms with E-state index < -0.39 is 25.8 Å². The first kappa shape index (κ1) is 26.2. The summed E-state index contributed by atoms with van der Waals surface area (Å²) in [4.78, 5) is 17.3. The molecule has 0 saturated heterocycles. The molecule has 3 aromatic rings. The van der Waals surface area contributed by atoms with Gasteiger partial charge in [0.15, 0.2) is 14.6 Å². The molecule has 0 bridgehead atoms. The first-order valence-corrected chi connectivity index (χ1v) is 14.4. The van der Waals surface area contributed by atoms with Crippen molar-refractivity contribution in [3.63, 3.8) is 0 Å². The predicted molar refractivity (Wildman–Crippen MR) is 129 cm³/mol. The standard InChI is InChI=1S/C22H21N5O5S3/c1-26-19-10-9-18(34(2,29)30)15-20(19)33-22(26)25-21(28)16-5-7-17(8-6-16)35(31,32)27(13-3-11-23)14-4-12-24/h5-10,15H,3-4,13-14H2,1-2H3. The monoisotopic (exact) mass is 531 g/mol. The number of hydrogen-bond acceptors (Lipinski definition) is 8. The Hall–Kier alpha value is -3.36. The second-order valence-electron chi connectivity index (χ2n) is 7.51. The summed E-state index contributed by atoms with van der Waals surface area (Å²) in [5.41, 5.74) is 0.879. The van der Waals surface area contributed by atoms with Crippen LogP contribution in [0.1, 0.15) is 23.2 Å². The number of aromatic nitrogens is 1. The van der Waals surface area contributed by atoms with E-state index in [0.717, 1.165) is 21.9 Å². The molecule has 182 valence electrons. The number of aryl methyl sites for hydroxylation is 1. The van der Waals surface area contributed by atoms with Crippen molar-refractivity contribution in [2.24, 2.45) is 12.0 Å². The molecule has 3 rings (SSSR count). The number of sulfone groups is 1. The van der Waals surface area contributed by atoms with Gasteiger partial charge in [0.25, 0.3) is 5.91 Å². The van der Waals surface area contributed by atoms with E-state index in [4.69, 9.17) is 10.5 Å². The van der Waals surface area contributed by atoms with E-state index >= 15 is 0 Å². The fourth-order valence-electron chi connectivity index (χ4n) is 3.22. The van der Waals surface area contributed by atoms with Gasteiger partial charge in [0.1, 0.15) is 0 Å². The SMILES string of the molecule is Cn1c(=NC(=O)c2ccc(S(=O)(=O)N(CCC#N)CCC#N)cc2)sc2cc(S(C)(=O)=O)ccc21. The van der Waals surface area contributed by atoms with Crippen LogP contribution in [0.3, 0.4) is 0 Å². The van der Waals surface area contributed by atoms with Gasteiger partial charge in [0.2, 0.25) is 10.0 Å². The average molecular weight is 532 g/mol. The summed E-state index contributed by atoms with van der Waals surface area (Å²) in [6.45, 7) is -0.0833. The zero-order valence-electron chi connectivity index (χ0n) is 18.9. The summed E-state index contributed by atoms with van der Waals surface area (Å²) < 4.78 is 52.9. The lowest BCUT2D eigenvalue weighted by Crippen LogP contribution is -2.32. The summed E-state index contributed by atoms with van der Waals surface area (Å²) in [6.07, 6.45) is 1.09. The summed E-state index contributed by atoms with van der Waals surface area (Å²) in [7, 11) is -5.62. The third kappa shape index (κ3) is 5.83. The third-order valence-electron chi connectivity index (χ3n) is 5.09. The van der Waals surface area contributed by atoms with Gasteiger partial charge in [-0.05, 0) is 42.5 Å². The topological polar surface area (TPSA) is 153 Å². The van der Waals surface area contributed by atoms with Gasteiger partial charge in [-0.2, -0.15) is 19.8 Å². The van der Waals surface area contributed by atoms with Crippen LogP contribution in [0.5, 0.6) is 0 Å². The molecule has 0 atom stereocenters. The fourth-order valence-corrected chi connectivity index (χ4v) is 6.44. The maximum atomic E-state index is 12.9. The van der Waals surface area contributed by atoms with E-state index in [1.54, 1.807) is 17.7 Å². The molecule has 0 saturated carbocycles. The fraction of sp³-hybridized carbons (Fsp3) is 0.273. The maximum absolute atomic E-state index is 12.9. The Morgan fingerprint density at radius 3 is 2.11 bits per heavy atom. The molecule has 0 radical (unpaired) electrons. The number of rotatable bonds is 8. The molecule has 0 N–H and O–H groups in total. The zero-order chi connectivity index (χ0) is 25.8. The van der Waals surface area contributed by atoms with Crippen molar-refractivity contribution in [1.82, 2.24) is 8.87 Å². The van der Waals surface area contributed by atoms with Crippen LogP contribution >= 0.6 is 11.3 Å². The van der Waals surface area contributed by atoms with Crippen molar-refractivity contribution in [1.29, 1.82) is 10.5 Å². The Balaban J connectivity index is 1.91. The molecular weight excluding hydrogens is 510 g/mol. The van der Waals surface area contributed by atoms with Crippen LogP contribution in [0, 0.1) is 22.7 Å². The second-order valence-corrected chi connectivity index (χ2v) is 12.5. The zero-order valence-corrected chi connectivity index (χ0v) is 21.3. The van der Waals surface area contributed by atoms with E-state index in [2.05, 4.69) is 4.99 Å². The Bertz CT molecular complexity index is 1620. The number of carbonyl (C=O) groups excluding carboxylic acids is 1. The first-order chi connectivity index (χ1) is 16.5. The molecule has 10 nitrogen and oxygen atoms in total. The van der Waals surface area contributed by atoms with Crippen molar-refractivity contribution in [2.45, 2.75) is 22.6 Å². The smallest absolute Gasteiger partial charge is 0.279 e. The quantitative estimate of drug-likeness (QED) is 0.432. The van der Waals surface area contributed by atoms with Gasteiger partial charge in [0.05, 0.1) is 32.1 Å². The summed E-state index contributed by atoms with van der Waals surface area (Å²) in [5.74, 6) is -0.592. The van der Waals surface area contributed by atoms with Gasteiger partial charge in [-0.1, -0.05) is 11.3 Å². The lowest BCUT2D eigenvalue weighted by Gasteiger charge is -2.20. The Labute approximate surface area is 207 Å². The van der Waals surface area contributed by atoms with Gasteiger partial charge in [-0.25, -0.2) is 16.8 Å². The van der Waals surface area contributed by atoms with E-state index in [1.807, 2.05) is 12.1 Å². The molecule has 35 heavy (non-hydrogen) atoms. The highest BCUT2D eigenvalue weighted by Gasteiger charge is 2.24. The molecule has 1 heterocycles. The van der Waals surface area contributed by atoms with Crippen LogP contribution in [0.4, 0.5) is 0 Å². The number of fused-ring (bicyclic) bond motifs is 1. The number of thiazole rings is 1. The number of amides is 1. The Morgan fingerprint density at radius 2 is 1.57 bits per heavy atom. The highest BCUT2D eigenvalue weighted by atomic mass is 32.2. The van der Waals surface area contributed by atoms with E-state index in [1.165, 1.54) is 36.4 Å². The van der Waals surface area contributed by atoms with Crippen LogP contribution in [-0.4, -0.2) is 51.0 Å². The molecule has 13 heteroatoms. The van der Waals surface area contributed by atoms with E-state index in [9.17, 15) is 21.6 Å². The van der Waals surface area contributed by atoms with Gasteiger partial charge in [0, 0.05) is 44.8 Å². The van der Waals surface area contributed by atoms with Gasteiger partial charge < -0.3 is 4.57 Å². The lowest BCUT2D eigenvalue weighted by atomic mass is 10.2. The lowest BCUT2D eigenvalue weighted by molar-refractivity contribution is 0.0998. The average Bonchev–Trinajstić information content (AvgIpc) is 3.13. The van der Waals surface area contributed by atoms with Crippen molar-refractivity contribution < 1.29 is 21.6 Å². The third-order valence-corrected chi connectivity index (χ3v) is 9.21. The largest absolute Gasteiger partial charge is 0.319 e. The number of carbonyl (C=O) groups is 1. The van der Waals surface area contributed by atoms with Crippen molar-refractivity contribution in [2.75, 3.05) is 19.3 Å². The number of hydrogen-bond donors (Lipinski definition) is 0. The number of benzene rings is 2. The predicted octanol–water partition coefficient (Wildman–Crippen LogP) is 2.20. The highest BCUT2D eigenvalue weighted by molar-refractivity contribution is 7.90. The maximum Gasteiger partial charge on any atom is 0.279 e. The minimum Gasteiger partial charge on any atom is -0.319 e. The molecular formula is C22H21N5O5S3. The van der Waals surface area contributed by atoms with Crippen LogP contribution in [-0.2, 0) is 26.9 Å². The minimum absolute atomic E-state index is 0.0159. The first-order valence-electron chi connectivity index (χ1n) is 10.2. The molecule has 2 aromatic carbocycles. The summed E-state index contributed by atoms with van der Waals surface area (Å²) in [5, 5.41) is 17.6. The van der Waals surface area contributed by atoms with Crippen LogP contribution in [0.15, 0.2) is 57.2 Å². The molecule has 0 fully saturated rings. The second kappa shape index (κ2) is 10.5. The minimum atomic E-state index is -3.95. The van der Waals surface area contributed by atoms with Gasteiger partial charge in [-0.15, -0.1) is 0 Å². The molecule has 1 amide bonds. The molecule has 0 aliphatic heterocycles.